The Hall–Kier alpha value is -0.540. The molecule has 0 radical (unpaired) electrons. The Kier molecular flexibility index (Phi) is 3.46. The summed E-state index contributed by atoms with van der Waals surface area (Å²) < 4.78 is 10.8. The van der Waals surface area contributed by atoms with Crippen LogP contribution in [0.1, 0.15) is 33.6 Å². The molecule has 0 amide bonds. The van der Waals surface area contributed by atoms with E-state index < -0.39 is 11.0 Å². The summed E-state index contributed by atoms with van der Waals surface area (Å²) in [6.45, 7) is 9.30. The molecule has 3 nitrogen and oxygen atoms in total. The number of hydrogen-bond acceptors (Lipinski definition) is 3. The van der Waals surface area contributed by atoms with Crippen LogP contribution in [0, 0.1) is 0 Å². The zero-order chi connectivity index (χ0) is 11.7. The maximum absolute atomic E-state index is 10.7. The van der Waals surface area contributed by atoms with Gasteiger partial charge in [0.1, 0.15) is 5.60 Å². The molecule has 1 saturated heterocycles. The Morgan fingerprint density at radius 3 is 2.73 bits per heavy atom. The van der Waals surface area contributed by atoms with Crippen molar-refractivity contribution < 1.29 is 14.3 Å². The summed E-state index contributed by atoms with van der Waals surface area (Å²) in [6.07, 6.45) is 3.36. The van der Waals surface area contributed by atoms with E-state index in [-0.39, 0.29) is 11.7 Å². The lowest BCUT2D eigenvalue weighted by Crippen LogP contribution is -2.41. The van der Waals surface area contributed by atoms with Crippen LogP contribution < -0.4 is 0 Å². The molecule has 1 fully saturated rings. The van der Waals surface area contributed by atoms with Crippen LogP contribution in [0.2, 0.25) is 0 Å². The van der Waals surface area contributed by atoms with Gasteiger partial charge in [-0.05, 0) is 33.6 Å². The molecule has 0 aliphatic carbocycles. The van der Waals surface area contributed by atoms with Gasteiger partial charge in [0.25, 0.3) is 0 Å². The van der Waals surface area contributed by atoms with Gasteiger partial charge < -0.3 is 9.47 Å². The molecule has 1 aliphatic heterocycles. The lowest BCUT2D eigenvalue weighted by Gasteiger charge is -2.31. The van der Waals surface area contributed by atoms with Crippen molar-refractivity contribution in [1.29, 1.82) is 0 Å². The minimum absolute atomic E-state index is 0.136. The van der Waals surface area contributed by atoms with Gasteiger partial charge in [-0.1, -0.05) is 6.08 Å². The third kappa shape index (κ3) is 2.95. The molecule has 0 spiro atoms. The quantitative estimate of drug-likeness (QED) is 0.554. The average molecular weight is 233 g/mol. The summed E-state index contributed by atoms with van der Waals surface area (Å²) in [7, 11) is 0. The molecule has 1 aliphatic rings. The van der Waals surface area contributed by atoms with Crippen molar-refractivity contribution in [3.05, 3.63) is 12.7 Å². The molecular formula is C11H17ClO3. The lowest BCUT2D eigenvalue weighted by molar-refractivity contribution is -0.0986. The summed E-state index contributed by atoms with van der Waals surface area (Å²) in [5.41, 5.74) is -1.81. The largest absolute Gasteiger partial charge is 0.445 e. The van der Waals surface area contributed by atoms with Gasteiger partial charge in [0.05, 0.1) is 11.7 Å². The van der Waals surface area contributed by atoms with E-state index >= 15 is 0 Å². The lowest BCUT2D eigenvalue weighted by atomic mass is 9.97. The number of ether oxygens (including phenoxy) is 2. The van der Waals surface area contributed by atoms with Crippen molar-refractivity contribution in [3.8, 4) is 0 Å². The Balaban J connectivity index is 2.67. The fourth-order valence-electron chi connectivity index (χ4n) is 1.77. The molecule has 4 heteroatoms. The minimum Gasteiger partial charge on any atom is -0.445 e. The van der Waals surface area contributed by atoms with Gasteiger partial charge in [-0.25, -0.2) is 4.79 Å². The zero-order valence-electron chi connectivity index (χ0n) is 9.38. The highest BCUT2D eigenvalue weighted by molar-refractivity contribution is 6.61. The van der Waals surface area contributed by atoms with E-state index in [0.29, 0.717) is 0 Å². The molecule has 2 atom stereocenters. The number of carbonyl (C=O) groups excluding carboxylic acids is 1. The van der Waals surface area contributed by atoms with E-state index in [9.17, 15) is 4.79 Å². The normalized spacial score (nSPS) is 31.3. The summed E-state index contributed by atoms with van der Waals surface area (Å²) in [6, 6.07) is 0. The van der Waals surface area contributed by atoms with Gasteiger partial charge in [0.15, 0.2) is 0 Å². The molecule has 15 heavy (non-hydrogen) atoms. The number of carbonyl (C=O) groups is 1. The van der Waals surface area contributed by atoms with Crippen molar-refractivity contribution in [1.82, 2.24) is 0 Å². The Morgan fingerprint density at radius 2 is 2.33 bits per heavy atom. The molecule has 86 valence electrons. The topological polar surface area (TPSA) is 35.5 Å². The molecule has 2 unspecified atom stereocenters. The van der Waals surface area contributed by atoms with Crippen LogP contribution in [0.3, 0.4) is 0 Å². The third-order valence-corrected chi connectivity index (χ3v) is 2.94. The first-order valence-electron chi connectivity index (χ1n) is 4.99. The van der Waals surface area contributed by atoms with Crippen LogP contribution in [0.5, 0.6) is 0 Å². The van der Waals surface area contributed by atoms with E-state index in [2.05, 4.69) is 6.58 Å². The van der Waals surface area contributed by atoms with Gasteiger partial charge in [-0.15, -0.1) is 6.58 Å². The van der Waals surface area contributed by atoms with Crippen LogP contribution in [0.25, 0.3) is 0 Å². The summed E-state index contributed by atoms with van der Waals surface area (Å²) in [4.78, 5) is 10.7. The molecule has 0 aromatic carbocycles. The van der Waals surface area contributed by atoms with Crippen LogP contribution in [-0.4, -0.2) is 22.7 Å². The summed E-state index contributed by atoms with van der Waals surface area (Å²) in [5, 5.41) is 0. The highest BCUT2D eigenvalue weighted by atomic mass is 35.5. The number of halogens is 1. The average Bonchev–Trinajstić information content (AvgIpc) is 2.47. The molecular weight excluding hydrogens is 216 g/mol. The van der Waals surface area contributed by atoms with Crippen LogP contribution in [0.15, 0.2) is 12.7 Å². The fourth-order valence-corrected chi connectivity index (χ4v) is 1.97. The second-order valence-electron chi connectivity index (χ2n) is 4.61. The van der Waals surface area contributed by atoms with Crippen LogP contribution in [-0.2, 0) is 9.47 Å². The Labute approximate surface area is 95.4 Å². The molecule has 1 rings (SSSR count). The van der Waals surface area contributed by atoms with Gasteiger partial charge in [0.2, 0.25) is 0 Å². The van der Waals surface area contributed by atoms with Crippen molar-refractivity contribution in [2.75, 3.05) is 0 Å². The van der Waals surface area contributed by atoms with Gasteiger partial charge in [-0.2, -0.15) is 0 Å². The summed E-state index contributed by atoms with van der Waals surface area (Å²) >= 11 is 5.21. The highest BCUT2D eigenvalue weighted by Gasteiger charge is 2.43. The smallest absolute Gasteiger partial charge is 0.404 e. The molecule has 0 aromatic rings. The SMILES string of the molecule is C=CC1(C)CCC(C(C)(C)OC(=O)Cl)O1. The highest BCUT2D eigenvalue weighted by Crippen LogP contribution is 2.37. The van der Waals surface area contributed by atoms with Gasteiger partial charge in [-0.3, -0.25) is 0 Å². The predicted molar refractivity (Wildman–Crippen MR) is 59.1 cm³/mol. The number of hydrogen-bond donors (Lipinski definition) is 0. The maximum atomic E-state index is 10.7. The zero-order valence-corrected chi connectivity index (χ0v) is 10.1. The fraction of sp³-hybridized carbons (Fsp3) is 0.727. The first-order valence-corrected chi connectivity index (χ1v) is 5.37. The van der Waals surface area contributed by atoms with Crippen molar-refractivity contribution in [2.45, 2.75) is 50.9 Å². The van der Waals surface area contributed by atoms with Crippen molar-refractivity contribution >= 4 is 17.0 Å². The van der Waals surface area contributed by atoms with Gasteiger partial charge in [0, 0.05) is 11.6 Å². The second kappa shape index (κ2) is 4.14. The minimum atomic E-state index is -0.796. The molecule has 0 aromatic heterocycles. The van der Waals surface area contributed by atoms with Gasteiger partial charge >= 0.3 is 5.43 Å². The maximum Gasteiger partial charge on any atom is 0.404 e. The first-order chi connectivity index (χ1) is 6.79. The predicted octanol–water partition coefficient (Wildman–Crippen LogP) is 3.26. The summed E-state index contributed by atoms with van der Waals surface area (Å²) in [5.74, 6) is 0. The van der Waals surface area contributed by atoms with E-state index in [1.807, 2.05) is 6.92 Å². The standard InChI is InChI=1S/C11H17ClO3/c1-5-11(4)7-6-8(14-11)10(2,3)15-9(12)13/h5,8H,1,6-7H2,2-4H3. The van der Waals surface area contributed by atoms with Crippen LogP contribution >= 0.6 is 11.6 Å². The second-order valence-corrected chi connectivity index (χ2v) is 4.91. The van der Waals surface area contributed by atoms with Crippen molar-refractivity contribution in [2.24, 2.45) is 0 Å². The molecule has 1 heterocycles. The van der Waals surface area contributed by atoms with Crippen molar-refractivity contribution in [3.63, 3.8) is 0 Å². The Bertz CT molecular complexity index is 275. The molecule has 0 saturated carbocycles. The third-order valence-electron chi connectivity index (χ3n) is 2.86. The Morgan fingerprint density at radius 1 is 1.73 bits per heavy atom. The molecule has 0 N–H and O–H groups in total. The van der Waals surface area contributed by atoms with E-state index in [0.717, 1.165) is 12.8 Å². The molecule has 0 bridgehead atoms. The van der Waals surface area contributed by atoms with E-state index in [4.69, 9.17) is 21.1 Å². The first kappa shape index (κ1) is 12.5. The number of rotatable bonds is 3. The van der Waals surface area contributed by atoms with Crippen LogP contribution in [0.4, 0.5) is 4.79 Å². The van der Waals surface area contributed by atoms with E-state index in [1.54, 1.807) is 19.9 Å². The van der Waals surface area contributed by atoms with E-state index in [1.165, 1.54) is 0 Å². The monoisotopic (exact) mass is 232 g/mol.